The summed E-state index contributed by atoms with van der Waals surface area (Å²) < 4.78 is 27.3. The minimum Gasteiger partial charge on any atom is -0.288 e. The Balaban J connectivity index is 1.98. The highest BCUT2D eigenvalue weighted by Gasteiger charge is 2.33. The molecule has 0 N–H and O–H groups in total. The third-order valence-corrected chi connectivity index (χ3v) is 5.30. The molecule has 0 amide bonds. The highest BCUT2D eigenvalue weighted by molar-refractivity contribution is 7.88. The zero-order valence-corrected chi connectivity index (χ0v) is 13.6. The van der Waals surface area contributed by atoms with Gasteiger partial charge in [0.15, 0.2) is 0 Å². The van der Waals surface area contributed by atoms with Crippen molar-refractivity contribution >= 4 is 10.0 Å². The van der Waals surface area contributed by atoms with E-state index in [2.05, 4.69) is 9.97 Å². The average molecular weight is 320 g/mol. The number of sulfonamides is 1. The molecular weight excluding hydrogens is 300 g/mol. The van der Waals surface area contributed by atoms with Gasteiger partial charge in [0.2, 0.25) is 10.0 Å². The highest BCUT2D eigenvalue weighted by Crippen LogP contribution is 2.33. The fourth-order valence-electron chi connectivity index (χ4n) is 3.00. The van der Waals surface area contributed by atoms with Gasteiger partial charge in [0.05, 0.1) is 18.0 Å². The molecule has 0 aliphatic carbocycles. The van der Waals surface area contributed by atoms with Crippen LogP contribution in [-0.4, -0.2) is 40.1 Å². The molecule has 6 nitrogen and oxygen atoms in total. The van der Waals surface area contributed by atoms with Crippen molar-refractivity contribution in [3.05, 3.63) is 42.1 Å². The largest absolute Gasteiger partial charge is 0.288 e. The smallest absolute Gasteiger partial charge is 0.211 e. The van der Waals surface area contributed by atoms with Gasteiger partial charge in [-0.15, -0.1) is 0 Å². The lowest BCUT2D eigenvalue weighted by atomic mass is 10.1. The average Bonchev–Trinajstić information content (AvgIpc) is 3.15. The molecule has 1 fully saturated rings. The van der Waals surface area contributed by atoms with E-state index in [1.54, 1.807) is 10.5 Å². The monoisotopic (exact) mass is 320 g/mol. The van der Waals surface area contributed by atoms with Crippen LogP contribution in [0.5, 0.6) is 0 Å². The van der Waals surface area contributed by atoms with Gasteiger partial charge in [-0.05, 0) is 25.0 Å². The Bertz CT molecular complexity index is 769. The fourth-order valence-corrected chi connectivity index (χ4v) is 4.13. The Morgan fingerprint density at radius 1 is 1.36 bits per heavy atom. The van der Waals surface area contributed by atoms with Crippen molar-refractivity contribution in [3.8, 4) is 5.82 Å². The summed E-state index contributed by atoms with van der Waals surface area (Å²) in [6.07, 6.45) is 7.40. The number of nitrogens with zero attached hydrogens (tertiary/aromatic N) is 4. The van der Waals surface area contributed by atoms with Crippen LogP contribution >= 0.6 is 0 Å². The normalized spacial score (nSPS) is 19.6. The maximum atomic E-state index is 11.9. The van der Waals surface area contributed by atoms with Crippen molar-refractivity contribution in [2.45, 2.75) is 32.2 Å². The first kappa shape index (κ1) is 15.2. The Kier molecular flexibility index (Phi) is 4.01. The molecule has 0 unspecified atom stereocenters. The molecule has 22 heavy (non-hydrogen) atoms. The number of aromatic nitrogens is 3. The molecule has 0 saturated carbocycles. The van der Waals surface area contributed by atoms with Crippen LogP contribution in [0.15, 0.2) is 30.6 Å². The summed E-state index contributed by atoms with van der Waals surface area (Å²) in [5, 5.41) is 0. The van der Waals surface area contributed by atoms with Crippen LogP contribution in [0.4, 0.5) is 0 Å². The van der Waals surface area contributed by atoms with Gasteiger partial charge in [0.25, 0.3) is 0 Å². The molecule has 3 heterocycles. The van der Waals surface area contributed by atoms with E-state index in [1.165, 1.54) is 6.26 Å². The molecule has 2 aromatic heterocycles. The Morgan fingerprint density at radius 3 is 2.91 bits per heavy atom. The molecule has 0 bridgehead atoms. The van der Waals surface area contributed by atoms with Gasteiger partial charge in [0.1, 0.15) is 11.6 Å². The Hall–Kier alpha value is -1.73. The van der Waals surface area contributed by atoms with Crippen LogP contribution in [0.2, 0.25) is 0 Å². The van der Waals surface area contributed by atoms with E-state index in [0.29, 0.717) is 6.54 Å². The molecule has 2 aromatic rings. The summed E-state index contributed by atoms with van der Waals surface area (Å²) in [6, 6.07) is 5.59. The zero-order valence-electron chi connectivity index (χ0n) is 12.8. The molecule has 1 aliphatic heterocycles. The van der Waals surface area contributed by atoms with Crippen LogP contribution in [0.1, 0.15) is 37.3 Å². The van der Waals surface area contributed by atoms with E-state index in [4.69, 9.17) is 0 Å². The zero-order chi connectivity index (χ0) is 15.7. The molecular formula is C15H20N4O2S. The van der Waals surface area contributed by atoms with Gasteiger partial charge in [-0.2, -0.15) is 4.31 Å². The Morgan fingerprint density at radius 2 is 2.18 bits per heavy atom. The highest BCUT2D eigenvalue weighted by atomic mass is 32.2. The number of hydrogen-bond donors (Lipinski definition) is 0. The van der Waals surface area contributed by atoms with Gasteiger partial charge in [-0.1, -0.05) is 13.0 Å². The molecule has 1 saturated heterocycles. The Labute approximate surface area is 130 Å². The van der Waals surface area contributed by atoms with E-state index in [9.17, 15) is 8.42 Å². The molecule has 1 aliphatic rings. The van der Waals surface area contributed by atoms with E-state index < -0.39 is 10.0 Å². The minimum absolute atomic E-state index is 0.163. The van der Waals surface area contributed by atoms with Crippen LogP contribution in [-0.2, 0) is 16.4 Å². The summed E-state index contributed by atoms with van der Waals surface area (Å²) in [7, 11) is -3.21. The first-order valence-corrected chi connectivity index (χ1v) is 9.32. The minimum atomic E-state index is -3.21. The third-order valence-electron chi connectivity index (χ3n) is 4.01. The summed E-state index contributed by atoms with van der Waals surface area (Å²) in [6.45, 7) is 2.62. The van der Waals surface area contributed by atoms with Gasteiger partial charge >= 0.3 is 0 Å². The van der Waals surface area contributed by atoms with Crippen molar-refractivity contribution in [2.75, 3.05) is 12.8 Å². The van der Waals surface area contributed by atoms with Crippen molar-refractivity contribution in [1.29, 1.82) is 0 Å². The standard InChI is InChI=1S/C15H20N4O2S/c1-3-14-16-9-11-18(14)15-8-4-6-12(17-15)13-7-5-10-19(13)22(2,20)21/h4,6,8-9,11,13H,3,5,7,10H2,1-2H3/t13-/m0/s1. The SMILES string of the molecule is CCc1nccn1-c1cccc([C@@H]2CCCN2S(C)(=O)=O)n1. The number of aryl methyl sites for hydroxylation is 1. The number of hydrogen-bond acceptors (Lipinski definition) is 4. The number of pyridine rings is 1. The fraction of sp³-hybridized carbons (Fsp3) is 0.467. The quantitative estimate of drug-likeness (QED) is 0.863. The molecule has 0 aromatic carbocycles. The maximum absolute atomic E-state index is 11.9. The van der Waals surface area contributed by atoms with Gasteiger partial charge in [-0.3, -0.25) is 4.57 Å². The van der Waals surface area contributed by atoms with Crippen LogP contribution in [0, 0.1) is 0 Å². The summed E-state index contributed by atoms with van der Waals surface area (Å²) in [4.78, 5) is 9.00. The van der Waals surface area contributed by atoms with E-state index >= 15 is 0 Å². The van der Waals surface area contributed by atoms with E-state index in [1.807, 2.05) is 35.9 Å². The van der Waals surface area contributed by atoms with Crippen LogP contribution in [0.3, 0.4) is 0 Å². The van der Waals surface area contributed by atoms with Crippen molar-refractivity contribution in [3.63, 3.8) is 0 Å². The second-order valence-corrected chi connectivity index (χ2v) is 7.45. The lowest BCUT2D eigenvalue weighted by molar-refractivity contribution is 0.394. The lowest BCUT2D eigenvalue weighted by Gasteiger charge is -2.22. The molecule has 0 spiro atoms. The van der Waals surface area contributed by atoms with Gasteiger partial charge in [0, 0.05) is 25.4 Å². The number of imidazole rings is 1. The van der Waals surface area contributed by atoms with Crippen LogP contribution in [0.25, 0.3) is 5.82 Å². The topological polar surface area (TPSA) is 68.1 Å². The lowest BCUT2D eigenvalue weighted by Crippen LogP contribution is -2.30. The van der Waals surface area contributed by atoms with E-state index in [-0.39, 0.29) is 6.04 Å². The second-order valence-electron chi connectivity index (χ2n) is 5.52. The molecule has 1 atom stereocenters. The second kappa shape index (κ2) is 5.81. The summed E-state index contributed by atoms with van der Waals surface area (Å²) in [5.41, 5.74) is 0.802. The molecule has 118 valence electrons. The summed E-state index contributed by atoms with van der Waals surface area (Å²) >= 11 is 0. The predicted molar refractivity (Wildman–Crippen MR) is 84.3 cm³/mol. The number of rotatable bonds is 4. The summed E-state index contributed by atoms with van der Waals surface area (Å²) in [5.74, 6) is 1.73. The maximum Gasteiger partial charge on any atom is 0.211 e. The van der Waals surface area contributed by atoms with E-state index in [0.717, 1.165) is 36.6 Å². The first-order valence-electron chi connectivity index (χ1n) is 7.47. The van der Waals surface area contributed by atoms with Gasteiger partial charge < -0.3 is 0 Å². The predicted octanol–water partition coefficient (Wildman–Crippen LogP) is 1.93. The van der Waals surface area contributed by atoms with Crippen LogP contribution < -0.4 is 0 Å². The van der Waals surface area contributed by atoms with Crippen molar-refractivity contribution in [2.24, 2.45) is 0 Å². The van der Waals surface area contributed by atoms with Crippen molar-refractivity contribution in [1.82, 2.24) is 18.8 Å². The molecule has 0 radical (unpaired) electrons. The first-order chi connectivity index (χ1) is 10.5. The third kappa shape index (κ3) is 2.78. The van der Waals surface area contributed by atoms with Gasteiger partial charge in [-0.25, -0.2) is 18.4 Å². The van der Waals surface area contributed by atoms with Crippen molar-refractivity contribution < 1.29 is 8.42 Å². The molecule has 7 heteroatoms. The molecule has 3 rings (SSSR count).